The van der Waals surface area contributed by atoms with Gasteiger partial charge >= 0.3 is 0 Å². The predicted molar refractivity (Wildman–Crippen MR) is 74.7 cm³/mol. The molecule has 0 aliphatic carbocycles. The first-order valence-corrected chi connectivity index (χ1v) is 7.34. The molecular formula is C15H24N2O2. The molecule has 2 fully saturated rings. The summed E-state index contributed by atoms with van der Waals surface area (Å²) < 4.78 is 5.36. The molecule has 2 heterocycles. The fourth-order valence-electron chi connectivity index (χ4n) is 2.90. The molecule has 4 nitrogen and oxygen atoms in total. The molecule has 2 aliphatic rings. The summed E-state index contributed by atoms with van der Waals surface area (Å²) in [4.78, 5) is 16.4. The van der Waals surface area contributed by atoms with Crippen LogP contribution in [0.2, 0.25) is 0 Å². The Labute approximate surface area is 116 Å². The van der Waals surface area contributed by atoms with Crippen LogP contribution in [0.1, 0.15) is 32.6 Å². The van der Waals surface area contributed by atoms with E-state index in [-0.39, 0.29) is 5.91 Å². The summed E-state index contributed by atoms with van der Waals surface area (Å²) in [5.41, 5.74) is 0. The molecule has 1 unspecified atom stereocenters. The minimum Gasteiger partial charge on any atom is -0.379 e. The second-order valence-corrected chi connectivity index (χ2v) is 5.27. The number of likely N-dealkylation sites (tertiary alicyclic amines) is 1. The average molecular weight is 264 g/mol. The zero-order chi connectivity index (χ0) is 13.5. The maximum absolute atomic E-state index is 12.0. The lowest BCUT2D eigenvalue weighted by Crippen LogP contribution is -2.46. The fourth-order valence-corrected chi connectivity index (χ4v) is 2.90. The van der Waals surface area contributed by atoms with Gasteiger partial charge in [-0.15, -0.1) is 0 Å². The smallest absolute Gasteiger partial charge is 0.298 e. The highest BCUT2D eigenvalue weighted by atomic mass is 16.5. The zero-order valence-electron chi connectivity index (χ0n) is 11.9. The van der Waals surface area contributed by atoms with E-state index in [0.717, 1.165) is 58.7 Å². The second kappa shape index (κ2) is 7.52. The third-order valence-corrected chi connectivity index (χ3v) is 4.00. The van der Waals surface area contributed by atoms with Crippen molar-refractivity contribution in [2.24, 2.45) is 0 Å². The number of rotatable bonds is 3. The topological polar surface area (TPSA) is 32.8 Å². The van der Waals surface area contributed by atoms with Crippen LogP contribution >= 0.6 is 0 Å². The van der Waals surface area contributed by atoms with Gasteiger partial charge in [-0.05, 0) is 38.5 Å². The Morgan fingerprint density at radius 3 is 2.79 bits per heavy atom. The average Bonchev–Trinajstić information content (AvgIpc) is 2.47. The highest BCUT2D eigenvalue weighted by molar-refractivity contribution is 5.93. The molecule has 0 aromatic rings. The normalized spacial score (nSPS) is 24.7. The number of carbonyl (C=O) groups excluding carboxylic acids is 1. The molecule has 2 aliphatic heterocycles. The minimum absolute atomic E-state index is 0.00850. The monoisotopic (exact) mass is 264 g/mol. The molecule has 2 saturated heterocycles. The molecule has 0 aromatic heterocycles. The van der Waals surface area contributed by atoms with Gasteiger partial charge in [-0.1, -0.05) is 5.92 Å². The van der Waals surface area contributed by atoms with Crippen LogP contribution in [0, 0.1) is 11.8 Å². The number of hydrogen-bond donors (Lipinski definition) is 0. The zero-order valence-corrected chi connectivity index (χ0v) is 11.9. The number of amides is 1. The molecule has 106 valence electrons. The van der Waals surface area contributed by atoms with Gasteiger partial charge in [0.15, 0.2) is 0 Å². The number of nitrogens with zero attached hydrogens (tertiary/aromatic N) is 2. The van der Waals surface area contributed by atoms with Crippen molar-refractivity contribution in [3.8, 4) is 11.8 Å². The third kappa shape index (κ3) is 4.22. The van der Waals surface area contributed by atoms with Crippen LogP contribution in [0.25, 0.3) is 0 Å². The summed E-state index contributed by atoms with van der Waals surface area (Å²) in [5.74, 6) is 5.42. The van der Waals surface area contributed by atoms with Crippen molar-refractivity contribution >= 4 is 5.91 Å². The molecule has 0 bridgehead atoms. The Bertz CT molecular complexity index is 353. The summed E-state index contributed by atoms with van der Waals surface area (Å²) in [5, 5.41) is 0. The number of piperidine rings is 1. The first kappa shape index (κ1) is 14.4. The van der Waals surface area contributed by atoms with Gasteiger partial charge in [-0.2, -0.15) is 0 Å². The van der Waals surface area contributed by atoms with Crippen LogP contribution in [0.15, 0.2) is 0 Å². The maximum atomic E-state index is 12.0. The van der Waals surface area contributed by atoms with Crippen LogP contribution in [0.4, 0.5) is 0 Å². The predicted octanol–water partition coefficient (Wildman–Crippen LogP) is 1.11. The Balaban J connectivity index is 1.84. The Morgan fingerprint density at radius 2 is 2.05 bits per heavy atom. The molecule has 0 radical (unpaired) electrons. The standard InChI is InChI=1S/C15H24N2O2/c1-2-5-15(18)17-8-4-3-6-14(17)7-9-16-10-12-19-13-11-16/h14H,3-4,6-13H2,1H3. The summed E-state index contributed by atoms with van der Waals surface area (Å²) in [6.45, 7) is 7.40. The lowest BCUT2D eigenvalue weighted by molar-refractivity contribution is -0.128. The van der Waals surface area contributed by atoms with E-state index in [9.17, 15) is 4.79 Å². The van der Waals surface area contributed by atoms with Crippen LogP contribution in [0.5, 0.6) is 0 Å². The maximum Gasteiger partial charge on any atom is 0.298 e. The van der Waals surface area contributed by atoms with E-state index in [1.54, 1.807) is 6.92 Å². The molecule has 4 heteroatoms. The van der Waals surface area contributed by atoms with Crippen molar-refractivity contribution in [1.29, 1.82) is 0 Å². The Morgan fingerprint density at radius 1 is 1.26 bits per heavy atom. The molecular weight excluding hydrogens is 240 g/mol. The van der Waals surface area contributed by atoms with Crippen LogP contribution in [0.3, 0.4) is 0 Å². The van der Waals surface area contributed by atoms with Crippen molar-refractivity contribution < 1.29 is 9.53 Å². The molecule has 1 atom stereocenters. The van der Waals surface area contributed by atoms with Gasteiger partial charge in [0.25, 0.3) is 5.91 Å². The number of ether oxygens (including phenoxy) is 1. The molecule has 0 aromatic carbocycles. The number of morpholine rings is 1. The highest BCUT2D eigenvalue weighted by Gasteiger charge is 2.26. The summed E-state index contributed by atoms with van der Waals surface area (Å²) in [7, 11) is 0. The van der Waals surface area contributed by atoms with E-state index in [1.165, 1.54) is 6.42 Å². The molecule has 0 N–H and O–H groups in total. The first-order chi connectivity index (χ1) is 9.31. The molecule has 0 saturated carbocycles. The number of carbonyl (C=O) groups is 1. The van der Waals surface area contributed by atoms with Crippen molar-refractivity contribution in [2.75, 3.05) is 39.4 Å². The van der Waals surface area contributed by atoms with Crippen molar-refractivity contribution in [3.63, 3.8) is 0 Å². The van der Waals surface area contributed by atoms with Gasteiger partial charge in [0.2, 0.25) is 0 Å². The Hall–Kier alpha value is -1.05. The molecule has 1 amide bonds. The van der Waals surface area contributed by atoms with Gasteiger partial charge in [-0.3, -0.25) is 9.69 Å². The lowest BCUT2D eigenvalue weighted by atomic mass is 9.99. The van der Waals surface area contributed by atoms with Gasteiger partial charge < -0.3 is 9.64 Å². The van der Waals surface area contributed by atoms with E-state index in [0.29, 0.717) is 6.04 Å². The van der Waals surface area contributed by atoms with E-state index in [2.05, 4.69) is 16.7 Å². The summed E-state index contributed by atoms with van der Waals surface area (Å²) in [6, 6.07) is 0.380. The molecule has 19 heavy (non-hydrogen) atoms. The van der Waals surface area contributed by atoms with Gasteiger partial charge in [0.05, 0.1) is 13.2 Å². The third-order valence-electron chi connectivity index (χ3n) is 4.00. The van der Waals surface area contributed by atoms with Gasteiger partial charge in [0.1, 0.15) is 0 Å². The van der Waals surface area contributed by atoms with Crippen molar-refractivity contribution in [1.82, 2.24) is 9.80 Å². The van der Waals surface area contributed by atoms with E-state index in [1.807, 2.05) is 4.90 Å². The van der Waals surface area contributed by atoms with Crippen LogP contribution in [-0.2, 0) is 9.53 Å². The fraction of sp³-hybridized carbons (Fsp3) is 0.800. The summed E-state index contributed by atoms with van der Waals surface area (Å²) >= 11 is 0. The Kier molecular flexibility index (Phi) is 5.68. The minimum atomic E-state index is 0.00850. The lowest BCUT2D eigenvalue weighted by Gasteiger charge is -2.36. The van der Waals surface area contributed by atoms with Crippen molar-refractivity contribution in [3.05, 3.63) is 0 Å². The van der Waals surface area contributed by atoms with E-state index < -0.39 is 0 Å². The molecule has 2 rings (SSSR count). The molecule has 0 spiro atoms. The van der Waals surface area contributed by atoms with Crippen LogP contribution < -0.4 is 0 Å². The summed E-state index contributed by atoms with van der Waals surface area (Å²) in [6.07, 6.45) is 4.54. The quantitative estimate of drug-likeness (QED) is 0.716. The van der Waals surface area contributed by atoms with Gasteiger partial charge in [-0.25, -0.2) is 0 Å². The first-order valence-electron chi connectivity index (χ1n) is 7.34. The number of hydrogen-bond acceptors (Lipinski definition) is 3. The van der Waals surface area contributed by atoms with Crippen LogP contribution in [-0.4, -0.2) is 61.1 Å². The van der Waals surface area contributed by atoms with E-state index in [4.69, 9.17) is 4.74 Å². The largest absolute Gasteiger partial charge is 0.379 e. The SMILES string of the molecule is CC#CC(=O)N1CCCCC1CCN1CCOCC1. The van der Waals surface area contributed by atoms with Crippen molar-refractivity contribution in [2.45, 2.75) is 38.6 Å². The van der Waals surface area contributed by atoms with Gasteiger partial charge in [0, 0.05) is 32.2 Å². The second-order valence-electron chi connectivity index (χ2n) is 5.27. The van der Waals surface area contributed by atoms with E-state index >= 15 is 0 Å². The highest BCUT2D eigenvalue weighted by Crippen LogP contribution is 2.20.